The van der Waals surface area contributed by atoms with Gasteiger partial charge in [-0.2, -0.15) is 0 Å². The summed E-state index contributed by atoms with van der Waals surface area (Å²) < 4.78 is 37.8. The molecule has 14 heteroatoms. The number of ketones is 1. The molecule has 4 aliphatic heterocycles. The Hall–Kier alpha value is -2.95. The molecule has 0 aromatic heterocycles. The quantitative estimate of drug-likeness (QED) is 0.136. The van der Waals surface area contributed by atoms with Gasteiger partial charge in [0.15, 0.2) is 11.9 Å². The van der Waals surface area contributed by atoms with Crippen molar-refractivity contribution in [3.63, 3.8) is 0 Å². The summed E-state index contributed by atoms with van der Waals surface area (Å²) in [5.41, 5.74) is -0.550. The van der Waals surface area contributed by atoms with Crippen molar-refractivity contribution >= 4 is 17.7 Å². The van der Waals surface area contributed by atoms with E-state index in [9.17, 15) is 39.9 Å². The first-order chi connectivity index (χ1) is 26.6. The Morgan fingerprint density at radius 1 is 1.04 bits per heavy atom. The predicted molar refractivity (Wildman–Crippen MR) is 206 cm³/mol. The Balaban J connectivity index is 1.34. The van der Waals surface area contributed by atoms with Crippen molar-refractivity contribution < 1.29 is 68.3 Å². The summed E-state index contributed by atoms with van der Waals surface area (Å²) in [6.45, 7) is 18.1. The van der Waals surface area contributed by atoms with Gasteiger partial charge in [-0.1, -0.05) is 60.6 Å². The van der Waals surface area contributed by atoms with Crippen molar-refractivity contribution in [2.45, 2.75) is 154 Å². The van der Waals surface area contributed by atoms with Crippen LogP contribution in [0, 0.1) is 42.4 Å². The highest BCUT2D eigenvalue weighted by Gasteiger charge is 2.70. The molecule has 4 heterocycles. The smallest absolute Gasteiger partial charge is 0.339 e. The second kappa shape index (κ2) is 17.0. The zero-order valence-corrected chi connectivity index (χ0v) is 35.1. The molecular formula is C43H64O14. The van der Waals surface area contributed by atoms with Crippen molar-refractivity contribution in [1.82, 2.24) is 0 Å². The maximum Gasteiger partial charge on any atom is 0.339 e. The van der Waals surface area contributed by atoms with Crippen molar-refractivity contribution in [2.24, 2.45) is 35.5 Å². The lowest BCUT2D eigenvalue weighted by atomic mass is 9.74. The highest BCUT2D eigenvalue weighted by atomic mass is 16.8. The number of hydrogen-bond acceptors (Lipinski definition) is 13. The lowest BCUT2D eigenvalue weighted by Gasteiger charge is -2.54. The van der Waals surface area contributed by atoms with Gasteiger partial charge >= 0.3 is 11.9 Å². The van der Waals surface area contributed by atoms with E-state index in [0.717, 1.165) is 0 Å². The summed E-state index contributed by atoms with van der Waals surface area (Å²) in [7, 11) is 1.51. The molecule has 1 aromatic rings. The van der Waals surface area contributed by atoms with Crippen LogP contribution in [0.2, 0.25) is 0 Å². The van der Waals surface area contributed by atoms with E-state index in [2.05, 4.69) is 0 Å². The molecule has 0 aliphatic carbocycles. The number of carbonyl (C=O) groups excluding carboxylic acids is 2. The summed E-state index contributed by atoms with van der Waals surface area (Å²) in [5.74, 6) is -8.73. The molecule has 1 aromatic carbocycles. The molecule has 0 bridgehead atoms. The standard InChI is InChI=1S/C43H64O14/c1-12-53-40(51)37-29(44)19-31(54-37)41(10)38(52-11)27(9)43(56-41)30(45)15-16-42(57-43)24(6)18-23(5)36(55-42)26(8)35(48)25(7)33(46)22(4)17-21(3)28-14-13-20(2)34(47)32(28)39(49)50/h13-16,21-27,29-31,33,36-38,44-47H,12,17-19H2,1-11H3,(H,49,50)/t21?,22-,23+,24-,25+,26?,27?,29-,30?,31?,33?,36+,37?,38-,41?,42?,43?/m1/s1. The molecule has 2 spiro atoms. The first-order valence-corrected chi connectivity index (χ1v) is 20.4. The number of carboxylic acid groups (broad SMARTS) is 1. The van der Waals surface area contributed by atoms with Gasteiger partial charge in [0, 0.05) is 37.2 Å². The molecule has 3 fully saturated rings. The van der Waals surface area contributed by atoms with E-state index >= 15 is 0 Å². The molecule has 4 aliphatic rings. The molecule has 5 N–H and O–H groups in total. The van der Waals surface area contributed by atoms with Gasteiger partial charge in [0.1, 0.15) is 28.8 Å². The van der Waals surface area contributed by atoms with E-state index in [1.165, 1.54) is 7.11 Å². The van der Waals surface area contributed by atoms with Crippen molar-refractivity contribution in [2.75, 3.05) is 13.7 Å². The van der Waals surface area contributed by atoms with Crippen LogP contribution in [0.25, 0.3) is 0 Å². The number of carbonyl (C=O) groups is 3. The van der Waals surface area contributed by atoms with E-state index in [0.29, 0.717) is 24.0 Å². The second-order valence-corrected chi connectivity index (χ2v) is 17.5. The van der Waals surface area contributed by atoms with E-state index in [1.54, 1.807) is 58.9 Å². The number of aryl methyl sites for hydroxylation is 1. The fraction of sp³-hybridized carbons (Fsp3) is 0.744. The normalized spacial score (nSPS) is 39.2. The molecule has 5 rings (SSSR count). The van der Waals surface area contributed by atoms with Crippen LogP contribution < -0.4 is 0 Å². The Labute approximate surface area is 335 Å². The SMILES string of the molecule is CCOC(=O)C1OC(C2(C)OC3(OC4(C=CC3O)O[C@H](C(C)C(=O)[C@@H](C)C(O)[C@H](C)CC(C)c3ccc(C)c(O)c3C(=O)O)[C@@H](C)C[C@H]4C)C(C)[C@H]2OC)C[C@H]1O. The minimum absolute atomic E-state index is 0.0479. The average molecular weight is 805 g/mol. The van der Waals surface area contributed by atoms with Crippen LogP contribution >= 0.6 is 0 Å². The number of benzene rings is 1. The van der Waals surface area contributed by atoms with Crippen LogP contribution in [-0.4, -0.2) is 117 Å². The van der Waals surface area contributed by atoms with E-state index in [4.69, 9.17) is 28.4 Å². The van der Waals surface area contributed by atoms with Crippen molar-refractivity contribution in [3.8, 4) is 5.75 Å². The molecule has 0 saturated carbocycles. The van der Waals surface area contributed by atoms with Crippen molar-refractivity contribution in [3.05, 3.63) is 41.0 Å². The fourth-order valence-corrected chi connectivity index (χ4v) is 10.1. The molecule has 0 amide bonds. The van der Waals surface area contributed by atoms with E-state index < -0.39 is 95.5 Å². The summed E-state index contributed by atoms with van der Waals surface area (Å²) >= 11 is 0. The molecule has 0 radical (unpaired) electrons. The fourth-order valence-electron chi connectivity index (χ4n) is 10.1. The number of methoxy groups -OCH3 is 1. The van der Waals surface area contributed by atoms with Gasteiger partial charge < -0.3 is 54.0 Å². The first kappa shape index (κ1) is 45.1. The van der Waals surface area contributed by atoms with Crippen LogP contribution in [0.5, 0.6) is 5.75 Å². The molecule has 10 unspecified atom stereocenters. The molecule has 17 atom stereocenters. The topological polar surface area (TPSA) is 208 Å². The van der Waals surface area contributed by atoms with Crippen LogP contribution in [0.4, 0.5) is 0 Å². The Morgan fingerprint density at radius 3 is 2.32 bits per heavy atom. The number of ether oxygens (including phenoxy) is 6. The van der Waals surface area contributed by atoms with Gasteiger partial charge in [0.05, 0.1) is 37.1 Å². The van der Waals surface area contributed by atoms with Gasteiger partial charge in [0.25, 0.3) is 0 Å². The summed E-state index contributed by atoms with van der Waals surface area (Å²) in [5, 5.41) is 54.3. The lowest BCUT2D eigenvalue weighted by molar-refractivity contribution is -0.414. The molecule has 320 valence electrons. The highest BCUT2D eigenvalue weighted by molar-refractivity contribution is 5.93. The highest BCUT2D eigenvalue weighted by Crippen LogP contribution is 2.56. The number of aromatic carboxylic acids is 1. The maximum atomic E-state index is 14.2. The minimum Gasteiger partial charge on any atom is -0.507 e. The van der Waals surface area contributed by atoms with Crippen LogP contribution in [0.15, 0.2) is 24.3 Å². The third kappa shape index (κ3) is 7.93. The molecular weight excluding hydrogens is 740 g/mol. The van der Waals surface area contributed by atoms with Gasteiger partial charge in [-0.05, 0) is 74.6 Å². The average Bonchev–Trinajstić information content (AvgIpc) is 3.66. The largest absolute Gasteiger partial charge is 0.507 e. The predicted octanol–water partition coefficient (Wildman–Crippen LogP) is 4.65. The van der Waals surface area contributed by atoms with E-state index in [1.807, 2.05) is 34.6 Å². The zero-order valence-electron chi connectivity index (χ0n) is 35.1. The number of aliphatic hydroxyl groups is 3. The number of aliphatic hydroxyl groups excluding tert-OH is 3. The number of carboxylic acids is 1. The van der Waals surface area contributed by atoms with Crippen LogP contribution in [0.3, 0.4) is 0 Å². The number of aromatic hydroxyl groups is 1. The number of rotatable bonds is 13. The third-order valence-corrected chi connectivity index (χ3v) is 13.5. The summed E-state index contributed by atoms with van der Waals surface area (Å²) in [4.78, 5) is 38.9. The minimum atomic E-state index is -1.71. The first-order valence-electron chi connectivity index (χ1n) is 20.4. The maximum absolute atomic E-state index is 14.2. The van der Waals surface area contributed by atoms with Crippen LogP contribution in [0.1, 0.15) is 109 Å². The van der Waals surface area contributed by atoms with Gasteiger partial charge in [-0.25, -0.2) is 9.59 Å². The molecule has 14 nitrogen and oxygen atoms in total. The summed E-state index contributed by atoms with van der Waals surface area (Å²) in [6, 6.07) is 3.35. The lowest BCUT2D eigenvalue weighted by Crippen LogP contribution is -2.64. The molecule has 57 heavy (non-hydrogen) atoms. The van der Waals surface area contributed by atoms with Gasteiger partial charge in [0.2, 0.25) is 5.79 Å². The van der Waals surface area contributed by atoms with Gasteiger partial charge in [-0.15, -0.1) is 0 Å². The Bertz CT molecular complexity index is 1680. The monoisotopic (exact) mass is 804 g/mol. The number of phenols is 1. The zero-order chi connectivity index (χ0) is 42.5. The number of hydrogen-bond donors (Lipinski definition) is 5. The second-order valence-electron chi connectivity index (χ2n) is 17.5. The Morgan fingerprint density at radius 2 is 1.70 bits per heavy atom. The number of Topliss-reactive ketones (excluding diaryl/α,β-unsaturated/α-hetero) is 1. The molecule has 3 saturated heterocycles. The Kier molecular flexibility index (Phi) is 13.4. The third-order valence-electron chi connectivity index (χ3n) is 13.5. The number of esters is 1. The van der Waals surface area contributed by atoms with Gasteiger partial charge in [-0.3, -0.25) is 4.79 Å². The van der Waals surface area contributed by atoms with Crippen molar-refractivity contribution in [1.29, 1.82) is 0 Å². The summed E-state index contributed by atoms with van der Waals surface area (Å²) in [6.07, 6.45) is -2.62. The van der Waals surface area contributed by atoms with E-state index in [-0.39, 0.29) is 47.9 Å². The van der Waals surface area contributed by atoms with Crippen LogP contribution in [-0.2, 0) is 38.0 Å².